The fourth-order valence-electron chi connectivity index (χ4n) is 1.49. The van der Waals surface area contributed by atoms with Gasteiger partial charge >= 0.3 is 6.09 Å². The van der Waals surface area contributed by atoms with Crippen LogP contribution in [0.5, 0.6) is 0 Å². The predicted molar refractivity (Wildman–Crippen MR) is 74.1 cm³/mol. The number of rotatable bonds is 6. The van der Waals surface area contributed by atoms with E-state index in [1.54, 1.807) is 6.92 Å². The van der Waals surface area contributed by atoms with Crippen LogP contribution in [0.2, 0.25) is 0 Å². The third-order valence-corrected chi connectivity index (χ3v) is 2.24. The highest BCUT2D eigenvalue weighted by Gasteiger charge is 2.15. The molecular formula is C13H27N3O2. The van der Waals surface area contributed by atoms with Gasteiger partial charge in [-0.25, -0.2) is 4.79 Å². The second kappa shape index (κ2) is 7.95. The fourth-order valence-corrected chi connectivity index (χ4v) is 1.49. The molecule has 0 aliphatic heterocycles. The first kappa shape index (κ1) is 16.7. The first-order valence-corrected chi connectivity index (χ1v) is 6.53. The van der Waals surface area contributed by atoms with E-state index >= 15 is 0 Å². The number of amidine groups is 1. The summed E-state index contributed by atoms with van der Waals surface area (Å²) < 4.78 is 5.13. The molecule has 0 aromatic carbocycles. The third-order valence-electron chi connectivity index (χ3n) is 2.24. The van der Waals surface area contributed by atoms with Crippen LogP contribution < -0.4 is 5.32 Å². The van der Waals surface area contributed by atoms with Gasteiger partial charge in [0.15, 0.2) is 0 Å². The Morgan fingerprint density at radius 3 is 2.39 bits per heavy atom. The summed E-state index contributed by atoms with van der Waals surface area (Å²) in [5, 5.41) is 10.3. The molecule has 2 N–H and O–H groups in total. The summed E-state index contributed by atoms with van der Waals surface area (Å²) in [6.45, 7) is 11.7. The lowest BCUT2D eigenvalue weighted by atomic mass is 10.2. The SMILES string of the molecule is CCCN(CCCNC(=O)OC(C)(C)C)C(C)=N. The number of ether oxygens (including phenoxy) is 1. The minimum atomic E-state index is -0.454. The van der Waals surface area contributed by atoms with Crippen molar-refractivity contribution in [3.8, 4) is 0 Å². The summed E-state index contributed by atoms with van der Waals surface area (Å²) in [7, 11) is 0. The maximum absolute atomic E-state index is 11.4. The average Bonchev–Trinajstić information content (AvgIpc) is 2.19. The summed E-state index contributed by atoms with van der Waals surface area (Å²) in [6.07, 6.45) is 1.46. The van der Waals surface area contributed by atoms with Gasteiger partial charge in [0, 0.05) is 19.6 Å². The summed E-state index contributed by atoms with van der Waals surface area (Å²) in [5.74, 6) is 0.578. The van der Waals surface area contributed by atoms with E-state index in [1.807, 2.05) is 25.7 Å². The Bertz CT molecular complexity index is 272. The zero-order valence-electron chi connectivity index (χ0n) is 12.3. The van der Waals surface area contributed by atoms with E-state index in [1.165, 1.54) is 0 Å². The van der Waals surface area contributed by atoms with Gasteiger partial charge in [-0.1, -0.05) is 6.92 Å². The average molecular weight is 257 g/mol. The van der Waals surface area contributed by atoms with Crippen LogP contribution in [0.1, 0.15) is 47.5 Å². The molecule has 0 aromatic rings. The van der Waals surface area contributed by atoms with Crippen molar-refractivity contribution in [3.05, 3.63) is 0 Å². The highest BCUT2D eigenvalue weighted by Crippen LogP contribution is 2.06. The molecule has 18 heavy (non-hydrogen) atoms. The highest BCUT2D eigenvalue weighted by molar-refractivity contribution is 5.76. The van der Waals surface area contributed by atoms with Crippen molar-refractivity contribution in [1.29, 1.82) is 5.41 Å². The van der Waals surface area contributed by atoms with E-state index in [2.05, 4.69) is 12.2 Å². The molecule has 0 fully saturated rings. The van der Waals surface area contributed by atoms with E-state index < -0.39 is 5.60 Å². The summed E-state index contributed by atoms with van der Waals surface area (Å²) in [6, 6.07) is 0. The van der Waals surface area contributed by atoms with Gasteiger partial charge in [0.25, 0.3) is 0 Å². The lowest BCUT2D eigenvalue weighted by molar-refractivity contribution is 0.0526. The molecule has 0 rings (SSSR count). The minimum absolute atomic E-state index is 0.379. The van der Waals surface area contributed by atoms with E-state index in [-0.39, 0.29) is 6.09 Å². The van der Waals surface area contributed by atoms with Gasteiger partial charge in [-0.05, 0) is 40.5 Å². The van der Waals surface area contributed by atoms with E-state index in [0.717, 1.165) is 25.9 Å². The van der Waals surface area contributed by atoms with Crippen molar-refractivity contribution in [2.45, 2.75) is 53.1 Å². The number of carbonyl (C=O) groups is 1. The quantitative estimate of drug-likeness (QED) is 0.437. The molecule has 5 nitrogen and oxygen atoms in total. The van der Waals surface area contributed by atoms with Crippen molar-refractivity contribution >= 4 is 11.9 Å². The molecule has 1 amide bonds. The Kier molecular flexibility index (Phi) is 7.39. The van der Waals surface area contributed by atoms with Crippen LogP contribution in [-0.2, 0) is 4.74 Å². The highest BCUT2D eigenvalue weighted by atomic mass is 16.6. The Labute approximate surface area is 110 Å². The maximum Gasteiger partial charge on any atom is 0.407 e. The molecule has 0 radical (unpaired) electrons. The van der Waals surface area contributed by atoms with Gasteiger partial charge in [-0.15, -0.1) is 0 Å². The lowest BCUT2D eigenvalue weighted by Crippen LogP contribution is -2.35. The van der Waals surface area contributed by atoms with Crippen LogP contribution in [0.15, 0.2) is 0 Å². The molecule has 106 valence electrons. The Hall–Kier alpha value is -1.26. The first-order chi connectivity index (χ1) is 8.26. The molecule has 0 saturated carbocycles. The monoisotopic (exact) mass is 257 g/mol. The molecule has 0 heterocycles. The molecule has 0 saturated heterocycles. The Balaban J connectivity index is 3.78. The van der Waals surface area contributed by atoms with Gasteiger partial charge in [-0.3, -0.25) is 5.41 Å². The van der Waals surface area contributed by atoms with Crippen LogP contribution in [0.25, 0.3) is 0 Å². The van der Waals surface area contributed by atoms with Gasteiger partial charge in [0.2, 0.25) is 0 Å². The summed E-state index contributed by atoms with van der Waals surface area (Å²) >= 11 is 0. The topological polar surface area (TPSA) is 65.4 Å². The molecule has 0 aromatic heterocycles. The van der Waals surface area contributed by atoms with E-state index in [0.29, 0.717) is 12.4 Å². The third kappa shape index (κ3) is 8.84. The number of nitrogens with zero attached hydrogens (tertiary/aromatic N) is 1. The molecular weight excluding hydrogens is 230 g/mol. The van der Waals surface area contributed by atoms with Gasteiger partial charge < -0.3 is 15.0 Å². The van der Waals surface area contributed by atoms with Gasteiger partial charge in [0.1, 0.15) is 5.60 Å². The number of carbonyl (C=O) groups excluding carboxylic acids is 1. The largest absolute Gasteiger partial charge is 0.444 e. The zero-order valence-corrected chi connectivity index (χ0v) is 12.3. The number of hydrogen-bond acceptors (Lipinski definition) is 3. The van der Waals surface area contributed by atoms with Gasteiger partial charge in [0.05, 0.1) is 5.84 Å². The lowest BCUT2D eigenvalue weighted by Gasteiger charge is -2.23. The Morgan fingerprint density at radius 2 is 1.94 bits per heavy atom. The van der Waals surface area contributed by atoms with Crippen molar-refractivity contribution in [1.82, 2.24) is 10.2 Å². The fraction of sp³-hybridized carbons (Fsp3) is 0.846. The van der Waals surface area contributed by atoms with E-state index in [4.69, 9.17) is 10.1 Å². The molecule has 0 unspecified atom stereocenters. The molecule has 0 aliphatic carbocycles. The number of hydrogen-bond donors (Lipinski definition) is 2. The minimum Gasteiger partial charge on any atom is -0.444 e. The number of amides is 1. The molecule has 5 heteroatoms. The normalized spacial score (nSPS) is 10.9. The first-order valence-electron chi connectivity index (χ1n) is 6.53. The maximum atomic E-state index is 11.4. The Morgan fingerprint density at radius 1 is 1.33 bits per heavy atom. The van der Waals surface area contributed by atoms with Gasteiger partial charge in [-0.2, -0.15) is 0 Å². The summed E-state index contributed by atoms with van der Waals surface area (Å²) in [4.78, 5) is 13.4. The molecule has 0 bridgehead atoms. The van der Waals surface area contributed by atoms with Crippen molar-refractivity contribution in [3.63, 3.8) is 0 Å². The number of alkyl carbamates (subject to hydrolysis) is 1. The molecule has 0 aliphatic rings. The second-order valence-corrected chi connectivity index (χ2v) is 5.35. The van der Waals surface area contributed by atoms with Crippen molar-refractivity contribution < 1.29 is 9.53 Å². The van der Waals surface area contributed by atoms with Crippen molar-refractivity contribution in [2.75, 3.05) is 19.6 Å². The summed E-state index contributed by atoms with van der Waals surface area (Å²) in [5.41, 5.74) is -0.454. The predicted octanol–water partition coefficient (Wildman–Crippen LogP) is 2.61. The molecule has 0 spiro atoms. The second-order valence-electron chi connectivity index (χ2n) is 5.35. The van der Waals surface area contributed by atoms with Crippen LogP contribution in [0.3, 0.4) is 0 Å². The van der Waals surface area contributed by atoms with Crippen LogP contribution in [0.4, 0.5) is 4.79 Å². The standard InChI is InChI=1S/C13H27N3O2/c1-6-9-16(11(2)14)10-7-8-15-12(17)18-13(3,4)5/h14H,6-10H2,1-5H3,(H,15,17). The van der Waals surface area contributed by atoms with Crippen molar-refractivity contribution in [2.24, 2.45) is 0 Å². The molecule has 0 atom stereocenters. The van der Waals surface area contributed by atoms with Crippen LogP contribution in [0, 0.1) is 5.41 Å². The smallest absolute Gasteiger partial charge is 0.407 e. The van der Waals surface area contributed by atoms with Crippen LogP contribution >= 0.6 is 0 Å². The van der Waals surface area contributed by atoms with Crippen LogP contribution in [-0.4, -0.2) is 42.1 Å². The zero-order chi connectivity index (χ0) is 14.2. The van der Waals surface area contributed by atoms with E-state index in [9.17, 15) is 4.79 Å². The number of nitrogens with one attached hydrogen (secondary N) is 2.